The van der Waals surface area contributed by atoms with E-state index in [2.05, 4.69) is 99.8 Å². The molecule has 0 aromatic carbocycles. The van der Waals surface area contributed by atoms with Crippen LogP contribution in [-0.2, 0) is 28.6 Å². The monoisotopic (exact) mass is 891 g/mol. The van der Waals surface area contributed by atoms with Crippen LogP contribution in [0, 0.1) is 0 Å². The van der Waals surface area contributed by atoms with E-state index in [9.17, 15) is 14.4 Å². The molecule has 0 unspecified atom stereocenters. The fraction of sp³-hybridized carbons (Fsp3) is 0.707. The van der Waals surface area contributed by atoms with Crippen LogP contribution in [0.4, 0.5) is 0 Å². The molecule has 0 fully saturated rings. The molecule has 1 atom stereocenters. The normalized spacial score (nSPS) is 12.7. The molecule has 0 heterocycles. The smallest absolute Gasteiger partial charge is 0.306 e. The highest BCUT2D eigenvalue weighted by molar-refractivity contribution is 5.71. The molecule has 0 aromatic heterocycles. The number of hydrogen-bond acceptors (Lipinski definition) is 6. The van der Waals surface area contributed by atoms with Crippen molar-refractivity contribution in [3.8, 4) is 0 Å². The van der Waals surface area contributed by atoms with Gasteiger partial charge in [0.2, 0.25) is 0 Å². The van der Waals surface area contributed by atoms with Gasteiger partial charge in [-0.05, 0) is 83.5 Å². The van der Waals surface area contributed by atoms with Crippen molar-refractivity contribution in [1.29, 1.82) is 0 Å². The minimum atomic E-state index is -0.807. The third-order valence-corrected chi connectivity index (χ3v) is 11.1. The zero-order valence-electron chi connectivity index (χ0n) is 41.8. The average Bonchev–Trinajstić information content (AvgIpc) is 3.29. The Balaban J connectivity index is 4.49. The van der Waals surface area contributed by atoms with E-state index in [1.807, 2.05) is 6.08 Å². The summed E-state index contributed by atoms with van der Waals surface area (Å²) in [6.45, 7) is 6.44. The second kappa shape index (κ2) is 52.2. The van der Waals surface area contributed by atoms with Crippen LogP contribution in [0.15, 0.2) is 85.1 Å². The lowest BCUT2D eigenvalue weighted by molar-refractivity contribution is -0.166. The molecule has 0 saturated carbocycles. The zero-order chi connectivity index (χ0) is 46.5. The summed E-state index contributed by atoms with van der Waals surface area (Å²) in [6.07, 6.45) is 67.2. The highest BCUT2D eigenvalue weighted by Gasteiger charge is 2.19. The van der Waals surface area contributed by atoms with Crippen LogP contribution >= 0.6 is 0 Å². The van der Waals surface area contributed by atoms with Gasteiger partial charge in [-0.1, -0.05) is 228 Å². The van der Waals surface area contributed by atoms with Crippen LogP contribution in [0.3, 0.4) is 0 Å². The number of rotatable bonds is 47. The molecule has 6 nitrogen and oxygen atoms in total. The molecule has 0 aliphatic rings. The number of esters is 3. The lowest BCUT2D eigenvalue weighted by atomic mass is 10.0. The van der Waals surface area contributed by atoms with E-state index in [0.717, 1.165) is 77.0 Å². The fourth-order valence-corrected chi connectivity index (χ4v) is 7.17. The first-order valence-electron chi connectivity index (χ1n) is 26.6. The van der Waals surface area contributed by atoms with E-state index in [-0.39, 0.29) is 37.5 Å². The number of ether oxygens (including phenoxy) is 3. The molecule has 0 amide bonds. The summed E-state index contributed by atoms with van der Waals surface area (Å²) in [5, 5.41) is 0. The second-order valence-electron chi connectivity index (χ2n) is 17.4. The molecule has 64 heavy (non-hydrogen) atoms. The second-order valence-corrected chi connectivity index (χ2v) is 17.4. The predicted molar refractivity (Wildman–Crippen MR) is 274 cm³/mol. The van der Waals surface area contributed by atoms with Crippen LogP contribution in [-0.4, -0.2) is 37.2 Å². The van der Waals surface area contributed by atoms with E-state index in [0.29, 0.717) is 19.3 Å². The molecule has 0 saturated heterocycles. The van der Waals surface area contributed by atoms with Gasteiger partial charge >= 0.3 is 17.9 Å². The Morgan fingerprint density at radius 1 is 0.328 bits per heavy atom. The standard InChI is InChI=1S/C58H98O6/c1-4-7-10-13-16-19-22-25-27-28-29-30-32-33-36-39-42-45-48-51-57(60)63-54-55(53-62-56(59)50-47-44-41-38-35-24-21-18-15-12-9-6-3)64-58(61)52-49-46-43-40-37-34-31-26-23-20-17-14-11-8-5-2/h7,10,16,19-20,23,25,27,29-30,33,36,42,45,55H,4-6,8-9,11-15,17-18,21-22,24,26,28,31-32,34-35,37-41,43-44,46-54H2,1-3H3/b10-7-,19-16-,23-20-,27-25-,30-29-,36-33-,45-42-/t55-/m0/s1. The summed E-state index contributed by atoms with van der Waals surface area (Å²) in [4.78, 5) is 38.0. The summed E-state index contributed by atoms with van der Waals surface area (Å²) in [6, 6.07) is 0. The van der Waals surface area contributed by atoms with E-state index in [4.69, 9.17) is 14.2 Å². The Morgan fingerprint density at radius 3 is 1.06 bits per heavy atom. The van der Waals surface area contributed by atoms with Gasteiger partial charge in [0.05, 0.1) is 0 Å². The number of carbonyl (C=O) groups is 3. The number of hydrogen-bond donors (Lipinski definition) is 0. The van der Waals surface area contributed by atoms with Crippen molar-refractivity contribution >= 4 is 17.9 Å². The third kappa shape index (κ3) is 49.6. The molecule has 6 heteroatoms. The Labute approximate surface area is 395 Å². The molecule has 366 valence electrons. The largest absolute Gasteiger partial charge is 0.462 e. The van der Waals surface area contributed by atoms with Gasteiger partial charge < -0.3 is 14.2 Å². The zero-order valence-corrected chi connectivity index (χ0v) is 41.8. The van der Waals surface area contributed by atoms with Gasteiger partial charge in [-0.15, -0.1) is 0 Å². The number of carbonyl (C=O) groups excluding carboxylic acids is 3. The first-order chi connectivity index (χ1) is 31.5. The third-order valence-electron chi connectivity index (χ3n) is 11.1. The molecule has 0 bridgehead atoms. The molecule has 0 spiro atoms. The first kappa shape index (κ1) is 60.6. The summed E-state index contributed by atoms with van der Waals surface area (Å²) in [5.41, 5.74) is 0. The van der Waals surface area contributed by atoms with Crippen molar-refractivity contribution in [2.45, 2.75) is 252 Å². The van der Waals surface area contributed by atoms with E-state index >= 15 is 0 Å². The highest BCUT2D eigenvalue weighted by atomic mass is 16.6. The lowest BCUT2D eigenvalue weighted by Gasteiger charge is -2.18. The van der Waals surface area contributed by atoms with Crippen LogP contribution < -0.4 is 0 Å². The van der Waals surface area contributed by atoms with Crippen molar-refractivity contribution in [2.75, 3.05) is 13.2 Å². The predicted octanol–water partition coefficient (Wildman–Crippen LogP) is 17.6. The first-order valence-corrected chi connectivity index (χ1v) is 26.6. The van der Waals surface area contributed by atoms with Gasteiger partial charge in [-0.3, -0.25) is 14.4 Å². The molecular weight excluding hydrogens is 793 g/mol. The van der Waals surface area contributed by atoms with Gasteiger partial charge in [0.25, 0.3) is 0 Å². The summed E-state index contributed by atoms with van der Waals surface area (Å²) in [5.74, 6) is -0.991. The fourth-order valence-electron chi connectivity index (χ4n) is 7.17. The molecular formula is C58H98O6. The van der Waals surface area contributed by atoms with Crippen LogP contribution in [0.1, 0.15) is 245 Å². The molecule has 0 aromatic rings. The molecule has 0 N–H and O–H groups in total. The molecule has 0 aliphatic heterocycles. The Bertz CT molecular complexity index is 1250. The van der Waals surface area contributed by atoms with Crippen molar-refractivity contribution < 1.29 is 28.6 Å². The maximum absolute atomic E-state index is 12.8. The molecule has 0 aliphatic carbocycles. The van der Waals surface area contributed by atoms with Crippen molar-refractivity contribution in [1.82, 2.24) is 0 Å². The van der Waals surface area contributed by atoms with Gasteiger partial charge in [0.15, 0.2) is 6.10 Å². The van der Waals surface area contributed by atoms with Crippen molar-refractivity contribution in [3.63, 3.8) is 0 Å². The van der Waals surface area contributed by atoms with E-state index in [1.54, 1.807) is 0 Å². The van der Waals surface area contributed by atoms with Crippen LogP contribution in [0.2, 0.25) is 0 Å². The average molecular weight is 891 g/mol. The highest BCUT2D eigenvalue weighted by Crippen LogP contribution is 2.14. The van der Waals surface area contributed by atoms with Crippen LogP contribution in [0.5, 0.6) is 0 Å². The van der Waals surface area contributed by atoms with Gasteiger partial charge in [0, 0.05) is 19.3 Å². The minimum Gasteiger partial charge on any atom is -0.462 e. The molecule has 0 radical (unpaired) electrons. The summed E-state index contributed by atoms with van der Waals surface area (Å²) < 4.78 is 16.7. The summed E-state index contributed by atoms with van der Waals surface area (Å²) in [7, 11) is 0. The van der Waals surface area contributed by atoms with E-state index in [1.165, 1.54) is 122 Å². The minimum absolute atomic E-state index is 0.0999. The lowest BCUT2D eigenvalue weighted by Crippen LogP contribution is -2.30. The van der Waals surface area contributed by atoms with Crippen LogP contribution in [0.25, 0.3) is 0 Å². The SMILES string of the molecule is CC/C=C\C/C=C\C/C=C\C/C=C\C/C=C\C/C=C\CCC(=O)OC[C@H](COC(=O)CCCCCCCCCCCCCC)OC(=O)CCCCCCCCC/C=C\CCCCCC. The number of unbranched alkanes of at least 4 members (excludes halogenated alkanes) is 22. The van der Waals surface area contributed by atoms with Crippen molar-refractivity contribution in [2.24, 2.45) is 0 Å². The Morgan fingerprint density at radius 2 is 0.641 bits per heavy atom. The maximum atomic E-state index is 12.8. The van der Waals surface area contributed by atoms with Crippen molar-refractivity contribution in [3.05, 3.63) is 85.1 Å². The van der Waals surface area contributed by atoms with Gasteiger partial charge in [-0.2, -0.15) is 0 Å². The van der Waals surface area contributed by atoms with E-state index < -0.39 is 6.10 Å². The quantitative estimate of drug-likeness (QED) is 0.0262. The Hall–Kier alpha value is -3.41. The van der Waals surface area contributed by atoms with Gasteiger partial charge in [-0.25, -0.2) is 0 Å². The molecule has 0 rings (SSSR count). The van der Waals surface area contributed by atoms with Gasteiger partial charge in [0.1, 0.15) is 13.2 Å². The Kier molecular flexibility index (Phi) is 49.4. The summed E-state index contributed by atoms with van der Waals surface area (Å²) >= 11 is 0. The topological polar surface area (TPSA) is 78.9 Å². The number of allylic oxidation sites excluding steroid dienone is 14. The maximum Gasteiger partial charge on any atom is 0.306 e.